The molecule has 4 heteroatoms. The first-order valence-electron chi connectivity index (χ1n) is 9.47. The van der Waals surface area contributed by atoms with Crippen molar-refractivity contribution in [2.24, 2.45) is 15.9 Å². The third-order valence-corrected chi connectivity index (χ3v) is 3.87. The molecule has 1 rings (SSSR count). The Morgan fingerprint density at radius 3 is 2.58 bits per heavy atom. The van der Waals surface area contributed by atoms with Gasteiger partial charge in [-0.05, 0) is 68.9 Å². The van der Waals surface area contributed by atoms with Crippen molar-refractivity contribution in [3.05, 3.63) is 35.0 Å². The van der Waals surface area contributed by atoms with E-state index >= 15 is 0 Å². The predicted molar refractivity (Wildman–Crippen MR) is 113 cm³/mol. The number of aryl methyl sites for hydroxylation is 1. The zero-order valence-electron chi connectivity index (χ0n) is 17.0. The Kier molecular flexibility index (Phi) is 9.56. The van der Waals surface area contributed by atoms with Crippen LogP contribution in [0.1, 0.15) is 65.0 Å². The number of carbonyl (C=O) groups excluding carboxylic acids is 1. The number of nitrogens with one attached hydrogen (secondary N) is 1. The van der Waals surface area contributed by atoms with E-state index in [1.807, 2.05) is 44.3 Å². The number of nitrogens with zero attached hydrogens (tertiary/aromatic N) is 2. The van der Waals surface area contributed by atoms with Crippen molar-refractivity contribution in [1.82, 2.24) is 5.32 Å². The van der Waals surface area contributed by atoms with Gasteiger partial charge in [0.1, 0.15) is 0 Å². The van der Waals surface area contributed by atoms with Crippen LogP contribution in [-0.4, -0.2) is 24.4 Å². The van der Waals surface area contributed by atoms with E-state index in [2.05, 4.69) is 43.0 Å². The number of carbonyl (C=O) groups is 1. The smallest absolute Gasteiger partial charge is 0.166 e. The Labute approximate surface area is 158 Å². The summed E-state index contributed by atoms with van der Waals surface area (Å²) in [7, 11) is 0. The first-order chi connectivity index (χ1) is 12.3. The first-order valence-corrected chi connectivity index (χ1v) is 9.47. The summed E-state index contributed by atoms with van der Waals surface area (Å²) in [4.78, 5) is 20.5. The summed E-state index contributed by atoms with van der Waals surface area (Å²) in [5.41, 5.74) is 3.53. The number of hydrogen-bond acceptors (Lipinski definition) is 3. The number of aldehydes is 1. The van der Waals surface area contributed by atoms with E-state index in [4.69, 9.17) is 0 Å². The van der Waals surface area contributed by atoms with E-state index in [1.165, 1.54) is 0 Å². The minimum Gasteiger partial charge on any atom is -0.342 e. The van der Waals surface area contributed by atoms with Gasteiger partial charge in [0.25, 0.3) is 0 Å². The monoisotopic (exact) mass is 355 g/mol. The van der Waals surface area contributed by atoms with Gasteiger partial charge in [-0.2, -0.15) is 0 Å². The maximum Gasteiger partial charge on any atom is 0.166 e. The molecule has 142 valence electrons. The summed E-state index contributed by atoms with van der Waals surface area (Å²) in [6, 6.07) is 6.24. The van der Waals surface area contributed by atoms with Gasteiger partial charge in [-0.1, -0.05) is 33.3 Å². The molecule has 1 aromatic rings. The van der Waals surface area contributed by atoms with E-state index in [-0.39, 0.29) is 6.04 Å². The number of allylic oxidation sites excluding steroid dienone is 1. The second-order valence-electron chi connectivity index (χ2n) is 7.18. The molecule has 0 aromatic heterocycles. The molecule has 0 aliphatic carbocycles. The van der Waals surface area contributed by atoms with Crippen molar-refractivity contribution in [3.63, 3.8) is 0 Å². The molecule has 0 fully saturated rings. The molecular formula is C22H33N3O. The molecule has 0 heterocycles. The number of rotatable bonds is 9. The molecule has 1 unspecified atom stereocenters. The van der Waals surface area contributed by atoms with Crippen LogP contribution in [0.15, 0.2) is 33.9 Å². The number of benzene rings is 1. The number of hydrogen-bond donors (Lipinski definition) is 1. The van der Waals surface area contributed by atoms with Crippen LogP contribution in [0.3, 0.4) is 0 Å². The number of unbranched alkanes of at least 4 members (excludes halogenated alkanes) is 1. The normalized spacial score (nSPS) is 14.1. The highest BCUT2D eigenvalue weighted by Crippen LogP contribution is 2.20. The van der Waals surface area contributed by atoms with E-state index in [0.717, 1.165) is 48.2 Å². The van der Waals surface area contributed by atoms with Crippen molar-refractivity contribution >= 4 is 30.1 Å². The topological polar surface area (TPSA) is 53.8 Å². The Hall–Kier alpha value is -2.23. The summed E-state index contributed by atoms with van der Waals surface area (Å²) in [5.74, 6) is 1.36. The van der Waals surface area contributed by atoms with Crippen molar-refractivity contribution in [3.8, 4) is 0 Å². The van der Waals surface area contributed by atoms with Gasteiger partial charge < -0.3 is 5.32 Å². The van der Waals surface area contributed by atoms with Crippen molar-refractivity contribution in [2.45, 2.75) is 66.8 Å². The van der Waals surface area contributed by atoms with Crippen molar-refractivity contribution in [2.75, 3.05) is 0 Å². The molecule has 26 heavy (non-hydrogen) atoms. The summed E-state index contributed by atoms with van der Waals surface area (Å²) < 4.78 is 0. The highest BCUT2D eigenvalue weighted by Gasteiger charge is 2.05. The average Bonchev–Trinajstić information content (AvgIpc) is 2.55. The second-order valence-corrected chi connectivity index (χ2v) is 7.18. The van der Waals surface area contributed by atoms with Crippen LogP contribution in [-0.2, 0) is 4.79 Å². The minimum absolute atomic E-state index is 0.234. The van der Waals surface area contributed by atoms with E-state index < -0.39 is 0 Å². The zero-order chi connectivity index (χ0) is 19.5. The fraction of sp³-hybridized carbons (Fsp3) is 0.500. The van der Waals surface area contributed by atoms with Gasteiger partial charge in [0.15, 0.2) is 6.29 Å². The van der Waals surface area contributed by atoms with Gasteiger partial charge in [0.05, 0.1) is 17.2 Å². The molecule has 0 radical (unpaired) electrons. The van der Waals surface area contributed by atoms with Crippen molar-refractivity contribution in [1.29, 1.82) is 0 Å². The summed E-state index contributed by atoms with van der Waals surface area (Å²) in [6.07, 6.45) is 7.72. The SMILES string of the molecule is CCCC=Nc1ccc(/C=C(/C=O)NC(C)=NC(C)CC(C)C)cc1C. The maximum atomic E-state index is 11.4. The summed E-state index contributed by atoms with van der Waals surface area (Å²) >= 11 is 0. The third kappa shape index (κ3) is 8.24. The average molecular weight is 356 g/mol. The Morgan fingerprint density at radius 1 is 1.27 bits per heavy atom. The highest BCUT2D eigenvalue weighted by molar-refractivity contribution is 5.91. The van der Waals surface area contributed by atoms with Crippen LogP contribution in [0.25, 0.3) is 6.08 Å². The van der Waals surface area contributed by atoms with Gasteiger partial charge in [-0.25, -0.2) is 0 Å². The molecule has 0 aliphatic heterocycles. The van der Waals surface area contributed by atoms with Gasteiger partial charge in [0.2, 0.25) is 0 Å². The lowest BCUT2D eigenvalue weighted by Crippen LogP contribution is -2.22. The second kappa shape index (κ2) is 11.4. The molecule has 0 saturated carbocycles. The van der Waals surface area contributed by atoms with Gasteiger partial charge in [-0.3, -0.25) is 14.8 Å². The molecule has 0 amide bonds. The maximum absolute atomic E-state index is 11.4. The Morgan fingerprint density at radius 2 is 2.00 bits per heavy atom. The molecule has 0 saturated heterocycles. The molecular weight excluding hydrogens is 322 g/mol. The van der Waals surface area contributed by atoms with Crippen LogP contribution in [0, 0.1) is 12.8 Å². The number of amidine groups is 1. The molecule has 1 atom stereocenters. The first kappa shape index (κ1) is 21.8. The van der Waals surface area contributed by atoms with Crippen LogP contribution in [0.2, 0.25) is 0 Å². The van der Waals surface area contributed by atoms with Gasteiger partial charge >= 0.3 is 0 Å². The van der Waals surface area contributed by atoms with E-state index in [0.29, 0.717) is 11.6 Å². The Balaban J connectivity index is 2.87. The zero-order valence-corrected chi connectivity index (χ0v) is 17.0. The lowest BCUT2D eigenvalue weighted by atomic mass is 10.1. The standard InChI is InChI=1S/C22H33N3O/c1-7-8-11-23-22-10-9-20(13-17(22)4)14-21(15-26)25-19(6)24-18(5)12-16(2)3/h9-11,13-16,18H,7-8,12H2,1-6H3,(H,24,25)/b21-14-,23-11?. The lowest BCUT2D eigenvalue weighted by molar-refractivity contribution is -0.105. The number of aliphatic imine (C=N–C) groups is 2. The Bertz CT molecular complexity index is 672. The molecule has 4 nitrogen and oxygen atoms in total. The fourth-order valence-corrected chi connectivity index (χ4v) is 2.79. The molecule has 0 spiro atoms. The quantitative estimate of drug-likeness (QED) is 0.276. The third-order valence-electron chi connectivity index (χ3n) is 3.87. The van der Waals surface area contributed by atoms with Crippen LogP contribution in [0.5, 0.6) is 0 Å². The lowest BCUT2D eigenvalue weighted by Gasteiger charge is -2.12. The highest BCUT2D eigenvalue weighted by atomic mass is 16.1. The molecule has 0 bridgehead atoms. The van der Waals surface area contributed by atoms with E-state index in [1.54, 1.807) is 0 Å². The van der Waals surface area contributed by atoms with Gasteiger partial charge in [-0.15, -0.1) is 0 Å². The summed E-state index contributed by atoms with van der Waals surface area (Å²) in [5, 5.41) is 3.11. The molecule has 0 aliphatic rings. The minimum atomic E-state index is 0.234. The van der Waals surface area contributed by atoms with Crippen molar-refractivity contribution < 1.29 is 4.79 Å². The van der Waals surface area contributed by atoms with Crippen LogP contribution < -0.4 is 5.32 Å². The fourth-order valence-electron chi connectivity index (χ4n) is 2.79. The van der Waals surface area contributed by atoms with E-state index in [9.17, 15) is 4.79 Å². The van der Waals surface area contributed by atoms with Crippen LogP contribution in [0.4, 0.5) is 5.69 Å². The summed E-state index contributed by atoms with van der Waals surface area (Å²) in [6.45, 7) is 12.5. The van der Waals surface area contributed by atoms with Gasteiger partial charge in [0, 0.05) is 12.3 Å². The largest absolute Gasteiger partial charge is 0.342 e. The predicted octanol–water partition coefficient (Wildman–Crippen LogP) is 5.48. The van der Waals surface area contributed by atoms with Crippen LogP contribution >= 0.6 is 0 Å². The molecule has 1 aromatic carbocycles. The molecule has 1 N–H and O–H groups in total.